The standard InChI is InChI=1S/C30H37N7O2S/c1-20-13-24(28-16-34-36(4)21(28)2)15-27-29(20)32-19-33-30(27)37-12-9-23-5-6-26(14-25(23)18-37)40(38,39)35(3)17-22-7-10-31-11-8-22/h5-6,13-16,19,22,31H,7-12,17-18H2,1-4H3. The number of anilines is 1. The summed E-state index contributed by atoms with van der Waals surface area (Å²) in [6.45, 7) is 8.01. The lowest BCUT2D eigenvalue weighted by Crippen LogP contribution is -2.37. The minimum absolute atomic E-state index is 0.363. The van der Waals surface area contributed by atoms with Gasteiger partial charge in [0.05, 0.1) is 16.6 Å². The minimum Gasteiger partial charge on any atom is -0.351 e. The lowest BCUT2D eigenvalue weighted by molar-refractivity contribution is 0.311. The van der Waals surface area contributed by atoms with Crippen molar-refractivity contribution in [3.63, 3.8) is 0 Å². The summed E-state index contributed by atoms with van der Waals surface area (Å²) < 4.78 is 30.5. The number of piperidine rings is 1. The van der Waals surface area contributed by atoms with Crippen molar-refractivity contribution in [2.45, 2.75) is 44.6 Å². The molecule has 4 heterocycles. The quantitative estimate of drug-likeness (QED) is 0.384. The van der Waals surface area contributed by atoms with Crippen molar-refractivity contribution in [1.29, 1.82) is 0 Å². The van der Waals surface area contributed by atoms with Gasteiger partial charge in [-0.2, -0.15) is 5.10 Å². The van der Waals surface area contributed by atoms with Gasteiger partial charge >= 0.3 is 0 Å². The Morgan fingerprint density at radius 2 is 1.88 bits per heavy atom. The maximum absolute atomic E-state index is 13.5. The van der Waals surface area contributed by atoms with E-state index in [0.717, 1.165) is 83.6 Å². The maximum atomic E-state index is 13.5. The molecule has 2 aromatic carbocycles. The number of rotatable bonds is 6. The van der Waals surface area contributed by atoms with Gasteiger partial charge in [-0.1, -0.05) is 6.07 Å². The van der Waals surface area contributed by atoms with Crippen molar-refractivity contribution in [3.8, 4) is 11.1 Å². The van der Waals surface area contributed by atoms with Crippen LogP contribution >= 0.6 is 0 Å². The van der Waals surface area contributed by atoms with E-state index in [1.54, 1.807) is 19.4 Å². The molecule has 4 aromatic rings. The first-order chi connectivity index (χ1) is 19.2. The summed E-state index contributed by atoms with van der Waals surface area (Å²) in [5.41, 5.74) is 7.52. The van der Waals surface area contributed by atoms with Gasteiger partial charge in [0.2, 0.25) is 10.0 Å². The molecule has 0 atom stereocenters. The number of sulfonamides is 1. The summed E-state index contributed by atoms with van der Waals surface area (Å²) in [4.78, 5) is 12.0. The van der Waals surface area contributed by atoms with Crippen LogP contribution in [0.25, 0.3) is 22.0 Å². The largest absolute Gasteiger partial charge is 0.351 e. The first-order valence-electron chi connectivity index (χ1n) is 14.0. The number of aryl methyl sites for hydroxylation is 2. The smallest absolute Gasteiger partial charge is 0.242 e. The Labute approximate surface area is 236 Å². The van der Waals surface area contributed by atoms with E-state index < -0.39 is 10.0 Å². The molecule has 0 aliphatic carbocycles. The Kier molecular flexibility index (Phi) is 7.10. The van der Waals surface area contributed by atoms with Crippen LogP contribution in [0.4, 0.5) is 5.82 Å². The lowest BCUT2D eigenvalue weighted by Gasteiger charge is -2.31. The highest BCUT2D eigenvalue weighted by atomic mass is 32.2. The number of hydrogen-bond acceptors (Lipinski definition) is 7. The van der Waals surface area contributed by atoms with Crippen LogP contribution in [-0.2, 0) is 30.0 Å². The second-order valence-electron chi connectivity index (χ2n) is 11.2. The topological polar surface area (TPSA) is 96.2 Å². The fourth-order valence-corrected chi connectivity index (χ4v) is 7.40. The van der Waals surface area contributed by atoms with Crippen LogP contribution in [0.5, 0.6) is 0 Å². The summed E-state index contributed by atoms with van der Waals surface area (Å²) in [5.74, 6) is 1.27. The summed E-state index contributed by atoms with van der Waals surface area (Å²) >= 11 is 0. The number of hydrogen-bond donors (Lipinski definition) is 1. The van der Waals surface area contributed by atoms with E-state index in [0.29, 0.717) is 23.9 Å². The second-order valence-corrected chi connectivity index (χ2v) is 13.3. The van der Waals surface area contributed by atoms with Gasteiger partial charge in [0.15, 0.2) is 0 Å². The fraction of sp³-hybridized carbons (Fsp3) is 0.433. The van der Waals surface area contributed by atoms with Gasteiger partial charge in [-0.3, -0.25) is 4.68 Å². The molecule has 40 heavy (non-hydrogen) atoms. The predicted octanol–water partition coefficient (Wildman–Crippen LogP) is 3.83. The maximum Gasteiger partial charge on any atom is 0.242 e. The molecular formula is C30H37N7O2S. The molecule has 0 radical (unpaired) electrons. The molecule has 0 bridgehead atoms. The Morgan fingerprint density at radius 3 is 2.62 bits per heavy atom. The third-order valence-electron chi connectivity index (χ3n) is 8.63. The van der Waals surface area contributed by atoms with Gasteiger partial charge in [0, 0.05) is 50.4 Å². The molecule has 2 aliphatic rings. The molecule has 0 spiro atoms. The Balaban J connectivity index is 1.31. The number of benzene rings is 2. The SMILES string of the molecule is Cc1cc(-c2cnn(C)c2C)cc2c(N3CCc4ccc(S(=O)(=O)N(C)CC5CCNCC5)cc4C3)ncnc12. The zero-order valence-electron chi connectivity index (χ0n) is 23.7. The van der Waals surface area contributed by atoms with Crippen molar-refractivity contribution in [3.05, 3.63) is 65.2 Å². The zero-order chi connectivity index (χ0) is 28.0. The van der Waals surface area contributed by atoms with Gasteiger partial charge in [-0.25, -0.2) is 22.7 Å². The monoisotopic (exact) mass is 559 g/mol. The molecule has 210 valence electrons. The third kappa shape index (κ3) is 4.88. The van der Waals surface area contributed by atoms with Crippen molar-refractivity contribution in [2.24, 2.45) is 13.0 Å². The average molecular weight is 560 g/mol. The van der Waals surface area contributed by atoms with E-state index >= 15 is 0 Å². The lowest BCUT2D eigenvalue weighted by atomic mass is 9.98. The minimum atomic E-state index is -3.57. The van der Waals surface area contributed by atoms with Crippen LogP contribution in [0.15, 0.2) is 47.8 Å². The number of fused-ring (bicyclic) bond motifs is 2. The molecule has 1 fully saturated rings. The molecular weight excluding hydrogens is 522 g/mol. The molecule has 10 heteroatoms. The van der Waals surface area contributed by atoms with Crippen molar-refractivity contribution >= 4 is 26.7 Å². The van der Waals surface area contributed by atoms with E-state index in [9.17, 15) is 8.42 Å². The Morgan fingerprint density at radius 1 is 1.07 bits per heavy atom. The van der Waals surface area contributed by atoms with Crippen molar-refractivity contribution in [1.82, 2.24) is 29.4 Å². The Hall–Kier alpha value is -3.34. The van der Waals surface area contributed by atoms with Crippen LogP contribution < -0.4 is 10.2 Å². The average Bonchev–Trinajstić information content (AvgIpc) is 3.30. The number of aromatic nitrogens is 4. The molecule has 0 saturated carbocycles. The van der Waals surface area contributed by atoms with Crippen LogP contribution in [0.3, 0.4) is 0 Å². The van der Waals surface area contributed by atoms with E-state index in [-0.39, 0.29) is 0 Å². The fourth-order valence-electron chi connectivity index (χ4n) is 6.10. The van der Waals surface area contributed by atoms with Crippen LogP contribution in [0.1, 0.15) is 35.2 Å². The normalized spacial score (nSPS) is 16.6. The molecule has 1 N–H and O–H groups in total. The highest BCUT2D eigenvalue weighted by molar-refractivity contribution is 7.89. The Bertz CT molecular complexity index is 1680. The molecule has 0 amide bonds. The highest BCUT2D eigenvalue weighted by Crippen LogP contribution is 2.34. The first kappa shape index (κ1) is 26.9. The number of nitrogens with one attached hydrogen (secondary N) is 1. The summed E-state index contributed by atoms with van der Waals surface area (Å²) in [6.07, 6.45) is 6.37. The first-order valence-corrected chi connectivity index (χ1v) is 15.4. The van der Waals surface area contributed by atoms with Crippen LogP contribution in [0.2, 0.25) is 0 Å². The van der Waals surface area contributed by atoms with Gasteiger partial charge < -0.3 is 10.2 Å². The number of nitrogens with zero attached hydrogens (tertiary/aromatic N) is 6. The zero-order valence-corrected chi connectivity index (χ0v) is 24.5. The molecule has 0 unspecified atom stereocenters. The summed E-state index contributed by atoms with van der Waals surface area (Å²) in [5, 5.41) is 8.78. The van der Waals surface area contributed by atoms with E-state index in [1.165, 1.54) is 9.87 Å². The van der Waals surface area contributed by atoms with E-state index in [1.807, 2.05) is 30.1 Å². The van der Waals surface area contributed by atoms with Crippen LogP contribution in [-0.4, -0.2) is 65.7 Å². The molecule has 2 aromatic heterocycles. The van der Waals surface area contributed by atoms with Crippen LogP contribution in [0, 0.1) is 19.8 Å². The van der Waals surface area contributed by atoms with E-state index in [4.69, 9.17) is 4.98 Å². The van der Waals surface area contributed by atoms with Gasteiger partial charge in [0.25, 0.3) is 0 Å². The molecule has 9 nitrogen and oxygen atoms in total. The molecule has 6 rings (SSSR count). The van der Waals surface area contributed by atoms with Crippen molar-refractivity contribution < 1.29 is 8.42 Å². The highest BCUT2D eigenvalue weighted by Gasteiger charge is 2.27. The van der Waals surface area contributed by atoms with Crippen molar-refractivity contribution in [2.75, 3.05) is 38.1 Å². The summed E-state index contributed by atoms with van der Waals surface area (Å²) in [7, 11) is 0.0872. The van der Waals surface area contributed by atoms with Gasteiger partial charge in [-0.05, 0) is 98.6 Å². The molecule has 1 saturated heterocycles. The summed E-state index contributed by atoms with van der Waals surface area (Å²) in [6, 6.07) is 9.95. The molecule has 2 aliphatic heterocycles. The third-order valence-corrected chi connectivity index (χ3v) is 10.4. The second kappa shape index (κ2) is 10.6. The van der Waals surface area contributed by atoms with Gasteiger partial charge in [-0.15, -0.1) is 0 Å². The van der Waals surface area contributed by atoms with Gasteiger partial charge in [0.1, 0.15) is 12.1 Å². The predicted molar refractivity (Wildman–Crippen MR) is 158 cm³/mol. The van der Waals surface area contributed by atoms with E-state index in [2.05, 4.69) is 46.3 Å².